The maximum Gasteiger partial charge on any atom is 0.137 e. The molecular formula is C13H16ClNO. The minimum Gasteiger partial charge on any atom is -0.495 e. The molecule has 0 bridgehead atoms. The summed E-state index contributed by atoms with van der Waals surface area (Å²) < 4.78 is 5.09. The number of halogens is 1. The molecular weight excluding hydrogens is 222 g/mol. The highest BCUT2D eigenvalue weighted by Crippen LogP contribution is 2.24. The van der Waals surface area contributed by atoms with Crippen LogP contribution in [-0.4, -0.2) is 13.7 Å². The molecule has 0 fully saturated rings. The lowest BCUT2D eigenvalue weighted by Crippen LogP contribution is -2.14. The molecule has 16 heavy (non-hydrogen) atoms. The SMILES string of the molecule is CC#CCCNCc1ccc(OC)c(Cl)c1. The molecule has 1 aromatic rings. The van der Waals surface area contributed by atoms with Gasteiger partial charge in [-0.3, -0.25) is 0 Å². The van der Waals surface area contributed by atoms with Crippen molar-refractivity contribution in [3.8, 4) is 17.6 Å². The molecule has 0 aromatic heterocycles. The maximum absolute atomic E-state index is 6.02. The first-order chi connectivity index (χ1) is 7.77. The third-order valence-electron chi connectivity index (χ3n) is 2.15. The van der Waals surface area contributed by atoms with Crippen LogP contribution in [0.15, 0.2) is 18.2 Å². The second-order valence-corrected chi connectivity index (χ2v) is 3.73. The zero-order chi connectivity index (χ0) is 11.8. The van der Waals surface area contributed by atoms with Crippen LogP contribution in [0.5, 0.6) is 5.75 Å². The first kappa shape index (κ1) is 12.9. The van der Waals surface area contributed by atoms with E-state index in [9.17, 15) is 0 Å². The van der Waals surface area contributed by atoms with Crippen LogP contribution in [0.1, 0.15) is 18.9 Å². The van der Waals surface area contributed by atoms with Crippen molar-refractivity contribution in [1.82, 2.24) is 5.32 Å². The van der Waals surface area contributed by atoms with Crippen molar-refractivity contribution >= 4 is 11.6 Å². The van der Waals surface area contributed by atoms with Crippen molar-refractivity contribution in [3.63, 3.8) is 0 Å². The normalized spacial score (nSPS) is 9.44. The molecule has 0 atom stereocenters. The van der Waals surface area contributed by atoms with E-state index in [0.717, 1.165) is 25.1 Å². The molecule has 86 valence electrons. The van der Waals surface area contributed by atoms with E-state index in [-0.39, 0.29) is 0 Å². The van der Waals surface area contributed by atoms with Gasteiger partial charge in [0.1, 0.15) is 5.75 Å². The summed E-state index contributed by atoms with van der Waals surface area (Å²) in [6.45, 7) is 3.54. The highest BCUT2D eigenvalue weighted by Gasteiger charge is 2.00. The Kier molecular flexibility index (Phi) is 5.77. The number of rotatable bonds is 5. The molecule has 0 aliphatic rings. The Labute approximate surface area is 102 Å². The molecule has 0 aliphatic heterocycles. The first-order valence-electron chi connectivity index (χ1n) is 5.20. The van der Waals surface area contributed by atoms with Crippen LogP contribution >= 0.6 is 11.6 Å². The van der Waals surface area contributed by atoms with E-state index in [2.05, 4.69) is 17.2 Å². The maximum atomic E-state index is 6.02. The van der Waals surface area contributed by atoms with Gasteiger partial charge in [-0.1, -0.05) is 17.7 Å². The van der Waals surface area contributed by atoms with Gasteiger partial charge in [-0.05, 0) is 24.6 Å². The molecule has 0 amide bonds. The van der Waals surface area contributed by atoms with Crippen LogP contribution in [0.4, 0.5) is 0 Å². The van der Waals surface area contributed by atoms with Gasteiger partial charge in [0.05, 0.1) is 12.1 Å². The quantitative estimate of drug-likeness (QED) is 0.628. The summed E-state index contributed by atoms with van der Waals surface area (Å²) in [6.07, 6.45) is 0.875. The molecule has 1 aromatic carbocycles. The zero-order valence-corrected chi connectivity index (χ0v) is 10.4. The van der Waals surface area contributed by atoms with Crippen LogP contribution in [0.25, 0.3) is 0 Å². The second kappa shape index (κ2) is 7.16. The standard InChI is InChI=1S/C13H16ClNO/c1-3-4-5-8-15-10-11-6-7-13(16-2)12(14)9-11/h6-7,9,15H,5,8,10H2,1-2H3. The second-order valence-electron chi connectivity index (χ2n) is 3.32. The molecule has 0 heterocycles. The minimum absolute atomic E-state index is 0.648. The third-order valence-corrected chi connectivity index (χ3v) is 2.44. The minimum atomic E-state index is 0.648. The summed E-state index contributed by atoms with van der Waals surface area (Å²) in [5, 5.41) is 3.95. The van der Waals surface area contributed by atoms with Crippen molar-refractivity contribution in [2.45, 2.75) is 19.9 Å². The molecule has 0 saturated carbocycles. The summed E-state index contributed by atoms with van der Waals surface area (Å²) in [4.78, 5) is 0. The van der Waals surface area contributed by atoms with Crippen LogP contribution in [0, 0.1) is 11.8 Å². The molecule has 1 rings (SSSR count). The summed E-state index contributed by atoms with van der Waals surface area (Å²) in [5.74, 6) is 6.58. The molecule has 0 saturated heterocycles. The summed E-state index contributed by atoms with van der Waals surface area (Å²) in [5.41, 5.74) is 1.15. The van der Waals surface area contributed by atoms with E-state index in [1.807, 2.05) is 25.1 Å². The molecule has 0 aliphatic carbocycles. The Morgan fingerprint density at radius 1 is 1.44 bits per heavy atom. The van der Waals surface area contributed by atoms with Crippen molar-refractivity contribution < 1.29 is 4.74 Å². The smallest absolute Gasteiger partial charge is 0.137 e. The van der Waals surface area contributed by atoms with Crippen LogP contribution in [0.3, 0.4) is 0 Å². The molecule has 0 spiro atoms. The number of methoxy groups -OCH3 is 1. The zero-order valence-electron chi connectivity index (χ0n) is 9.64. The highest BCUT2D eigenvalue weighted by atomic mass is 35.5. The Hall–Kier alpha value is -1.17. The Morgan fingerprint density at radius 2 is 2.25 bits per heavy atom. The lowest BCUT2D eigenvalue weighted by atomic mass is 10.2. The predicted molar refractivity (Wildman–Crippen MR) is 67.8 cm³/mol. The van der Waals surface area contributed by atoms with E-state index >= 15 is 0 Å². The predicted octanol–water partition coefficient (Wildman–Crippen LogP) is 2.85. The third kappa shape index (κ3) is 4.14. The van der Waals surface area contributed by atoms with Gasteiger partial charge in [0, 0.05) is 19.5 Å². The number of hydrogen-bond acceptors (Lipinski definition) is 2. The number of nitrogens with one attached hydrogen (secondary N) is 1. The van der Waals surface area contributed by atoms with Gasteiger partial charge < -0.3 is 10.1 Å². The lowest BCUT2D eigenvalue weighted by molar-refractivity contribution is 0.415. The van der Waals surface area contributed by atoms with Crippen LogP contribution < -0.4 is 10.1 Å². The van der Waals surface area contributed by atoms with E-state index in [1.54, 1.807) is 7.11 Å². The van der Waals surface area contributed by atoms with Crippen molar-refractivity contribution in [3.05, 3.63) is 28.8 Å². The van der Waals surface area contributed by atoms with Crippen molar-refractivity contribution in [2.24, 2.45) is 0 Å². The summed E-state index contributed by atoms with van der Waals surface area (Å²) in [6, 6.07) is 5.80. The number of benzene rings is 1. The average molecular weight is 238 g/mol. The van der Waals surface area contributed by atoms with Gasteiger partial charge in [-0.15, -0.1) is 11.8 Å². The van der Waals surface area contributed by atoms with Gasteiger partial charge in [0.15, 0.2) is 0 Å². The lowest BCUT2D eigenvalue weighted by Gasteiger charge is -2.06. The van der Waals surface area contributed by atoms with E-state index in [1.165, 1.54) is 0 Å². The fourth-order valence-corrected chi connectivity index (χ4v) is 1.61. The monoisotopic (exact) mass is 237 g/mol. The number of hydrogen-bond donors (Lipinski definition) is 1. The number of ether oxygens (including phenoxy) is 1. The van der Waals surface area contributed by atoms with Crippen LogP contribution in [0.2, 0.25) is 5.02 Å². The largest absolute Gasteiger partial charge is 0.495 e. The van der Waals surface area contributed by atoms with Gasteiger partial charge in [0.25, 0.3) is 0 Å². The molecule has 0 unspecified atom stereocenters. The Bertz CT molecular complexity index is 393. The fraction of sp³-hybridized carbons (Fsp3) is 0.385. The Morgan fingerprint density at radius 3 is 2.88 bits per heavy atom. The van der Waals surface area contributed by atoms with Gasteiger partial charge in [-0.2, -0.15) is 0 Å². The molecule has 2 nitrogen and oxygen atoms in total. The van der Waals surface area contributed by atoms with Crippen molar-refractivity contribution in [1.29, 1.82) is 0 Å². The molecule has 0 radical (unpaired) electrons. The van der Waals surface area contributed by atoms with Crippen LogP contribution in [-0.2, 0) is 6.54 Å². The highest BCUT2D eigenvalue weighted by molar-refractivity contribution is 6.32. The van der Waals surface area contributed by atoms with Gasteiger partial charge in [0.2, 0.25) is 0 Å². The van der Waals surface area contributed by atoms with Gasteiger partial charge >= 0.3 is 0 Å². The van der Waals surface area contributed by atoms with Gasteiger partial charge in [-0.25, -0.2) is 0 Å². The summed E-state index contributed by atoms with van der Waals surface area (Å²) >= 11 is 6.02. The van der Waals surface area contributed by atoms with E-state index in [4.69, 9.17) is 16.3 Å². The van der Waals surface area contributed by atoms with Crippen molar-refractivity contribution in [2.75, 3.05) is 13.7 Å². The average Bonchev–Trinajstić information content (AvgIpc) is 2.29. The molecule has 3 heteroatoms. The molecule has 1 N–H and O–H groups in total. The summed E-state index contributed by atoms with van der Waals surface area (Å²) in [7, 11) is 1.61. The first-order valence-corrected chi connectivity index (χ1v) is 5.58. The fourth-order valence-electron chi connectivity index (χ4n) is 1.33. The van der Waals surface area contributed by atoms with E-state index in [0.29, 0.717) is 10.8 Å². The topological polar surface area (TPSA) is 21.3 Å². The van der Waals surface area contributed by atoms with E-state index < -0.39 is 0 Å². The Balaban J connectivity index is 2.42.